The third-order valence-electron chi connectivity index (χ3n) is 3.60. The predicted molar refractivity (Wildman–Crippen MR) is 87.6 cm³/mol. The highest BCUT2D eigenvalue weighted by molar-refractivity contribution is 7.89. The molecule has 5 heteroatoms. The number of rotatable bonds is 5. The van der Waals surface area contributed by atoms with Gasteiger partial charge in [-0.2, -0.15) is 4.31 Å². The Hall–Kier alpha value is -1.85. The number of ether oxygens (including phenoxy) is 1. The first-order valence-corrected chi connectivity index (χ1v) is 8.45. The second kappa shape index (κ2) is 6.50. The van der Waals surface area contributed by atoms with Crippen LogP contribution in [0.2, 0.25) is 0 Å². The van der Waals surface area contributed by atoms with E-state index in [1.54, 1.807) is 20.2 Å². The molecule has 0 N–H and O–H groups in total. The second-order valence-electron chi connectivity index (χ2n) is 5.38. The Morgan fingerprint density at radius 2 is 1.68 bits per heavy atom. The van der Waals surface area contributed by atoms with E-state index in [4.69, 9.17) is 4.74 Å². The summed E-state index contributed by atoms with van der Waals surface area (Å²) < 4.78 is 31.9. The minimum atomic E-state index is -3.50. The average Bonchev–Trinajstić information content (AvgIpc) is 2.50. The summed E-state index contributed by atoms with van der Waals surface area (Å²) in [6, 6.07) is 12.9. The van der Waals surface area contributed by atoms with Crippen LogP contribution in [0.4, 0.5) is 0 Å². The van der Waals surface area contributed by atoms with Gasteiger partial charge in [-0.25, -0.2) is 8.42 Å². The molecule has 4 nitrogen and oxygen atoms in total. The van der Waals surface area contributed by atoms with Crippen molar-refractivity contribution >= 4 is 10.0 Å². The van der Waals surface area contributed by atoms with E-state index in [-0.39, 0.29) is 0 Å². The first-order chi connectivity index (χ1) is 10.3. The maximum atomic E-state index is 12.7. The van der Waals surface area contributed by atoms with Crippen molar-refractivity contribution in [1.82, 2.24) is 4.31 Å². The van der Waals surface area contributed by atoms with Crippen molar-refractivity contribution in [2.24, 2.45) is 0 Å². The maximum Gasteiger partial charge on any atom is 0.243 e. The van der Waals surface area contributed by atoms with Gasteiger partial charge >= 0.3 is 0 Å². The lowest BCUT2D eigenvalue weighted by molar-refractivity contribution is 0.414. The van der Waals surface area contributed by atoms with Gasteiger partial charge in [0.2, 0.25) is 10.0 Å². The number of benzene rings is 2. The Kier molecular flexibility index (Phi) is 4.88. The van der Waals surface area contributed by atoms with Gasteiger partial charge in [0, 0.05) is 13.6 Å². The van der Waals surface area contributed by atoms with Gasteiger partial charge in [-0.1, -0.05) is 24.3 Å². The fourth-order valence-corrected chi connectivity index (χ4v) is 3.69. The van der Waals surface area contributed by atoms with Gasteiger partial charge in [-0.15, -0.1) is 0 Å². The molecule has 0 unspecified atom stereocenters. The molecule has 0 heterocycles. The quantitative estimate of drug-likeness (QED) is 0.850. The van der Waals surface area contributed by atoms with Crippen LogP contribution >= 0.6 is 0 Å². The number of nitrogens with zero attached hydrogens (tertiary/aromatic N) is 1. The van der Waals surface area contributed by atoms with Gasteiger partial charge in [-0.3, -0.25) is 0 Å². The molecule has 0 saturated heterocycles. The van der Waals surface area contributed by atoms with Crippen LogP contribution in [-0.4, -0.2) is 26.9 Å². The normalized spacial score (nSPS) is 11.7. The highest BCUT2D eigenvalue weighted by Gasteiger charge is 2.22. The molecule has 0 aromatic heterocycles. The molecule has 0 fully saturated rings. The fourth-order valence-electron chi connectivity index (χ4n) is 2.23. The van der Waals surface area contributed by atoms with Crippen LogP contribution in [-0.2, 0) is 16.6 Å². The van der Waals surface area contributed by atoms with Crippen LogP contribution in [0, 0.1) is 13.8 Å². The van der Waals surface area contributed by atoms with Gasteiger partial charge < -0.3 is 4.74 Å². The summed E-state index contributed by atoms with van der Waals surface area (Å²) >= 11 is 0. The van der Waals surface area contributed by atoms with Crippen molar-refractivity contribution in [1.29, 1.82) is 0 Å². The van der Waals surface area contributed by atoms with Crippen molar-refractivity contribution in [3.8, 4) is 5.75 Å². The van der Waals surface area contributed by atoms with Crippen molar-refractivity contribution in [3.63, 3.8) is 0 Å². The zero-order valence-corrected chi connectivity index (χ0v) is 14.1. The van der Waals surface area contributed by atoms with E-state index in [0.717, 1.165) is 22.4 Å². The van der Waals surface area contributed by atoms with Crippen LogP contribution in [0.1, 0.15) is 16.7 Å². The number of hydrogen-bond donors (Lipinski definition) is 0. The maximum absolute atomic E-state index is 12.7. The molecule has 22 heavy (non-hydrogen) atoms. The van der Waals surface area contributed by atoms with E-state index in [2.05, 4.69) is 0 Å². The van der Waals surface area contributed by atoms with Gasteiger partial charge in [0.15, 0.2) is 0 Å². The van der Waals surface area contributed by atoms with E-state index in [1.807, 2.05) is 50.2 Å². The molecular formula is C17H21NO3S. The zero-order chi connectivity index (χ0) is 16.3. The van der Waals surface area contributed by atoms with Crippen molar-refractivity contribution < 1.29 is 13.2 Å². The molecular weight excluding hydrogens is 298 g/mol. The molecule has 2 aromatic carbocycles. The first-order valence-electron chi connectivity index (χ1n) is 7.01. The van der Waals surface area contributed by atoms with Crippen LogP contribution in [0.3, 0.4) is 0 Å². The summed E-state index contributed by atoms with van der Waals surface area (Å²) in [7, 11) is -0.302. The molecule has 2 aromatic rings. The van der Waals surface area contributed by atoms with E-state index >= 15 is 0 Å². The second-order valence-corrected chi connectivity index (χ2v) is 7.39. The lowest BCUT2D eigenvalue weighted by Gasteiger charge is -2.19. The molecule has 0 bridgehead atoms. The lowest BCUT2D eigenvalue weighted by Crippen LogP contribution is -2.27. The Bertz CT molecular complexity index is 752. The number of sulfonamides is 1. The Labute approximate surface area is 132 Å². The van der Waals surface area contributed by atoms with Crippen LogP contribution in [0.15, 0.2) is 47.4 Å². The van der Waals surface area contributed by atoms with Crippen LogP contribution in [0.25, 0.3) is 0 Å². The predicted octanol–water partition coefficient (Wildman–Crippen LogP) is 3.13. The summed E-state index contributed by atoms with van der Waals surface area (Å²) in [6.45, 7) is 4.02. The van der Waals surface area contributed by atoms with Gasteiger partial charge in [-0.05, 0) is 48.7 Å². The average molecular weight is 319 g/mol. The Morgan fingerprint density at radius 3 is 2.27 bits per heavy atom. The summed E-state index contributed by atoms with van der Waals surface area (Å²) in [5.74, 6) is 0.754. The molecule has 0 radical (unpaired) electrons. The van der Waals surface area contributed by atoms with Gasteiger partial charge in [0.05, 0.1) is 12.0 Å². The van der Waals surface area contributed by atoms with E-state index in [0.29, 0.717) is 11.4 Å². The van der Waals surface area contributed by atoms with Crippen LogP contribution in [0.5, 0.6) is 5.75 Å². The van der Waals surface area contributed by atoms with Crippen molar-refractivity contribution in [3.05, 3.63) is 59.2 Å². The SMILES string of the molecule is COc1ccc(CN(C)S(=O)(=O)c2cc(C)ccc2C)cc1. The lowest BCUT2D eigenvalue weighted by atomic mass is 10.2. The molecule has 0 saturated carbocycles. The number of methoxy groups -OCH3 is 1. The molecule has 0 aliphatic rings. The Morgan fingerprint density at radius 1 is 1.05 bits per heavy atom. The molecule has 0 aliphatic carbocycles. The van der Waals surface area contributed by atoms with Crippen molar-refractivity contribution in [2.45, 2.75) is 25.3 Å². The Balaban J connectivity index is 2.26. The molecule has 0 aliphatic heterocycles. The standard InChI is InChI=1S/C17H21NO3S/c1-13-5-6-14(2)17(11-13)22(19,20)18(3)12-15-7-9-16(21-4)10-8-15/h5-11H,12H2,1-4H3. The molecule has 0 amide bonds. The summed E-state index contributed by atoms with van der Waals surface area (Å²) in [5, 5.41) is 0. The largest absolute Gasteiger partial charge is 0.497 e. The van der Waals surface area contributed by atoms with Crippen LogP contribution < -0.4 is 4.74 Å². The topological polar surface area (TPSA) is 46.6 Å². The van der Waals surface area contributed by atoms with Gasteiger partial charge in [0.25, 0.3) is 0 Å². The monoisotopic (exact) mass is 319 g/mol. The molecule has 118 valence electrons. The summed E-state index contributed by atoms with van der Waals surface area (Å²) in [5.41, 5.74) is 2.60. The van der Waals surface area contributed by atoms with Gasteiger partial charge in [0.1, 0.15) is 5.75 Å². The zero-order valence-electron chi connectivity index (χ0n) is 13.3. The summed E-state index contributed by atoms with van der Waals surface area (Å²) in [6.07, 6.45) is 0. The summed E-state index contributed by atoms with van der Waals surface area (Å²) in [4.78, 5) is 0.364. The number of aryl methyl sites for hydroxylation is 2. The third kappa shape index (κ3) is 3.48. The minimum Gasteiger partial charge on any atom is -0.497 e. The smallest absolute Gasteiger partial charge is 0.243 e. The van der Waals surface area contributed by atoms with Crippen molar-refractivity contribution in [2.75, 3.05) is 14.2 Å². The fraction of sp³-hybridized carbons (Fsp3) is 0.294. The first kappa shape index (κ1) is 16.5. The third-order valence-corrected chi connectivity index (χ3v) is 5.54. The van der Waals surface area contributed by atoms with E-state index in [1.165, 1.54) is 4.31 Å². The molecule has 2 rings (SSSR count). The highest BCUT2D eigenvalue weighted by Crippen LogP contribution is 2.22. The highest BCUT2D eigenvalue weighted by atomic mass is 32.2. The molecule has 0 atom stereocenters. The van der Waals surface area contributed by atoms with E-state index in [9.17, 15) is 8.42 Å². The number of hydrogen-bond acceptors (Lipinski definition) is 3. The minimum absolute atomic E-state index is 0.319. The molecule has 0 spiro atoms. The van der Waals surface area contributed by atoms with E-state index < -0.39 is 10.0 Å².